The molecule has 1 aromatic carbocycles. The Kier molecular flexibility index (Phi) is 4.74. The van der Waals surface area contributed by atoms with Crippen molar-refractivity contribution in [2.24, 2.45) is 0 Å². The van der Waals surface area contributed by atoms with E-state index in [2.05, 4.69) is 0 Å². The van der Waals surface area contributed by atoms with Crippen LogP contribution >= 0.6 is 0 Å². The first-order valence-electron chi connectivity index (χ1n) is 5.93. The first kappa shape index (κ1) is 14.8. The molecule has 6 N–H and O–H groups in total. The zero-order valence-corrected chi connectivity index (χ0v) is 10.7. The molecule has 0 aliphatic heterocycles. The van der Waals surface area contributed by atoms with Crippen molar-refractivity contribution in [2.45, 2.75) is 32.1 Å². The maximum Gasteiger partial charge on any atom is 0.310 e. The molecule has 0 aliphatic rings. The minimum absolute atomic E-state index is 0.0484. The quantitative estimate of drug-likeness (QED) is 0.579. The molecule has 0 radical (unpaired) electrons. The third-order valence-electron chi connectivity index (χ3n) is 3.03. The summed E-state index contributed by atoms with van der Waals surface area (Å²) >= 11 is 0. The van der Waals surface area contributed by atoms with Crippen molar-refractivity contribution in [3.8, 4) is 0 Å². The number of carboxylic acids is 2. The van der Waals surface area contributed by atoms with Crippen molar-refractivity contribution >= 4 is 23.3 Å². The van der Waals surface area contributed by atoms with E-state index in [4.69, 9.17) is 16.6 Å². The number of benzene rings is 1. The smallest absolute Gasteiger partial charge is 0.310 e. The van der Waals surface area contributed by atoms with E-state index in [0.29, 0.717) is 23.4 Å². The zero-order valence-electron chi connectivity index (χ0n) is 10.7. The fraction of sp³-hybridized carbons (Fsp3) is 0.385. The molecular formula is C13H18N2O4. The van der Waals surface area contributed by atoms with Crippen molar-refractivity contribution in [1.29, 1.82) is 0 Å². The molecule has 0 amide bonds. The highest BCUT2D eigenvalue weighted by Gasteiger charge is 2.21. The van der Waals surface area contributed by atoms with E-state index in [0.717, 1.165) is 5.56 Å². The van der Waals surface area contributed by atoms with Crippen LogP contribution in [0.2, 0.25) is 0 Å². The Bertz CT molecular complexity index is 476. The Labute approximate surface area is 111 Å². The van der Waals surface area contributed by atoms with Crippen LogP contribution in [0.3, 0.4) is 0 Å². The summed E-state index contributed by atoms with van der Waals surface area (Å²) in [5.41, 5.74) is 13.5. The highest BCUT2D eigenvalue weighted by Crippen LogP contribution is 2.29. The third kappa shape index (κ3) is 3.87. The summed E-state index contributed by atoms with van der Waals surface area (Å²) in [4.78, 5) is 21.7. The lowest BCUT2D eigenvalue weighted by molar-refractivity contribution is -0.140. The van der Waals surface area contributed by atoms with E-state index in [1.807, 2.05) is 0 Å². The van der Waals surface area contributed by atoms with Crippen molar-refractivity contribution in [3.63, 3.8) is 0 Å². The van der Waals surface area contributed by atoms with Gasteiger partial charge in [0, 0.05) is 6.42 Å². The van der Waals surface area contributed by atoms with Gasteiger partial charge in [-0.25, -0.2) is 0 Å². The van der Waals surface area contributed by atoms with Crippen LogP contribution in [0.15, 0.2) is 12.1 Å². The first-order chi connectivity index (χ1) is 8.82. The summed E-state index contributed by atoms with van der Waals surface area (Å²) in [7, 11) is 0. The maximum atomic E-state index is 11.3. The molecule has 19 heavy (non-hydrogen) atoms. The summed E-state index contributed by atoms with van der Waals surface area (Å²) in [6.07, 6.45) is 0.507. The highest BCUT2D eigenvalue weighted by atomic mass is 16.4. The summed E-state index contributed by atoms with van der Waals surface area (Å²) in [5, 5.41) is 17.8. The van der Waals surface area contributed by atoms with Crippen molar-refractivity contribution < 1.29 is 19.8 Å². The highest BCUT2D eigenvalue weighted by molar-refractivity contribution is 5.78. The number of rotatable bonds is 6. The molecule has 6 nitrogen and oxygen atoms in total. The molecule has 104 valence electrons. The van der Waals surface area contributed by atoms with Gasteiger partial charge < -0.3 is 21.7 Å². The molecule has 0 heterocycles. The van der Waals surface area contributed by atoms with Crippen LogP contribution < -0.4 is 11.5 Å². The van der Waals surface area contributed by atoms with Gasteiger partial charge in [-0.2, -0.15) is 0 Å². The molecule has 1 atom stereocenters. The standard InChI is InChI=1S/C13H18N2O4/c1-7-5-8(6-10(14)12(7)15)9(13(18)19)3-2-4-11(16)17/h5-6,9H,2-4,14-15H2,1H3,(H,16,17)(H,18,19). The molecule has 0 bridgehead atoms. The molecule has 0 fully saturated rings. The number of carboxylic acid groups (broad SMARTS) is 2. The van der Waals surface area contributed by atoms with Crippen LogP contribution in [0, 0.1) is 6.92 Å². The second kappa shape index (κ2) is 6.08. The molecule has 0 saturated heterocycles. The van der Waals surface area contributed by atoms with Crippen LogP contribution in [0.1, 0.15) is 36.3 Å². The van der Waals surface area contributed by atoms with Gasteiger partial charge in [-0.1, -0.05) is 6.07 Å². The average molecular weight is 266 g/mol. The normalized spacial score (nSPS) is 12.1. The predicted molar refractivity (Wildman–Crippen MR) is 71.9 cm³/mol. The summed E-state index contributed by atoms with van der Waals surface area (Å²) in [6.45, 7) is 1.76. The Hall–Kier alpha value is -2.24. The molecule has 6 heteroatoms. The largest absolute Gasteiger partial charge is 0.481 e. The van der Waals surface area contributed by atoms with Crippen LogP contribution in [-0.2, 0) is 9.59 Å². The lowest BCUT2D eigenvalue weighted by Crippen LogP contribution is -2.13. The van der Waals surface area contributed by atoms with E-state index in [9.17, 15) is 14.7 Å². The van der Waals surface area contributed by atoms with Crippen LogP contribution in [-0.4, -0.2) is 22.2 Å². The Balaban J connectivity index is 2.93. The summed E-state index contributed by atoms with van der Waals surface area (Å²) in [6, 6.07) is 3.23. The molecule has 0 aromatic heterocycles. The van der Waals surface area contributed by atoms with E-state index < -0.39 is 17.9 Å². The fourth-order valence-corrected chi connectivity index (χ4v) is 1.95. The van der Waals surface area contributed by atoms with Gasteiger partial charge in [0.2, 0.25) is 0 Å². The van der Waals surface area contributed by atoms with Crippen molar-refractivity contribution in [1.82, 2.24) is 0 Å². The predicted octanol–water partition coefficient (Wildman–Crippen LogP) is 1.58. The number of hydrogen-bond acceptors (Lipinski definition) is 4. The molecule has 0 saturated carbocycles. The number of hydrogen-bond donors (Lipinski definition) is 4. The second-order valence-corrected chi connectivity index (χ2v) is 4.52. The number of nitrogen functional groups attached to an aromatic ring is 2. The number of nitrogens with two attached hydrogens (primary N) is 2. The Morgan fingerprint density at radius 3 is 2.37 bits per heavy atom. The fourth-order valence-electron chi connectivity index (χ4n) is 1.95. The van der Waals surface area contributed by atoms with Crippen LogP contribution in [0.25, 0.3) is 0 Å². The van der Waals surface area contributed by atoms with Gasteiger partial charge in [-0.15, -0.1) is 0 Å². The van der Waals surface area contributed by atoms with E-state index in [1.54, 1.807) is 19.1 Å². The topological polar surface area (TPSA) is 127 Å². The van der Waals surface area contributed by atoms with Gasteiger partial charge in [-0.3, -0.25) is 9.59 Å². The number of anilines is 2. The van der Waals surface area contributed by atoms with Gasteiger partial charge in [0.15, 0.2) is 0 Å². The third-order valence-corrected chi connectivity index (χ3v) is 3.03. The van der Waals surface area contributed by atoms with Crippen molar-refractivity contribution in [2.75, 3.05) is 11.5 Å². The van der Waals surface area contributed by atoms with E-state index in [-0.39, 0.29) is 12.8 Å². The van der Waals surface area contributed by atoms with Crippen LogP contribution in [0.4, 0.5) is 11.4 Å². The molecule has 0 aliphatic carbocycles. The molecular weight excluding hydrogens is 248 g/mol. The zero-order chi connectivity index (χ0) is 14.6. The summed E-state index contributed by atoms with van der Waals surface area (Å²) < 4.78 is 0. The van der Waals surface area contributed by atoms with E-state index in [1.165, 1.54) is 0 Å². The Morgan fingerprint density at radius 1 is 1.26 bits per heavy atom. The number of carbonyl (C=O) groups is 2. The van der Waals surface area contributed by atoms with Gasteiger partial charge in [-0.05, 0) is 37.0 Å². The minimum atomic E-state index is -0.992. The molecule has 1 rings (SSSR count). The minimum Gasteiger partial charge on any atom is -0.481 e. The lowest BCUT2D eigenvalue weighted by atomic mass is 9.91. The molecule has 1 unspecified atom stereocenters. The average Bonchev–Trinajstić information content (AvgIpc) is 2.30. The Morgan fingerprint density at radius 2 is 1.89 bits per heavy atom. The number of aryl methyl sites for hydroxylation is 1. The van der Waals surface area contributed by atoms with Gasteiger partial charge in [0.05, 0.1) is 17.3 Å². The second-order valence-electron chi connectivity index (χ2n) is 4.52. The van der Waals surface area contributed by atoms with Gasteiger partial charge >= 0.3 is 11.9 Å². The van der Waals surface area contributed by atoms with E-state index >= 15 is 0 Å². The van der Waals surface area contributed by atoms with Crippen LogP contribution in [0.5, 0.6) is 0 Å². The van der Waals surface area contributed by atoms with Crippen molar-refractivity contribution in [3.05, 3.63) is 23.3 Å². The lowest BCUT2D eigenvalue weighted by Gasteiger charge is -2.15. The number of aliphatic carboxylic acids is 2. The van der Waals surface area contributed by atoms with Gasteiger partial charge in [0.1, 0.15) is 0 Å². The first-order valence-corrected chi connectivity index (χ1v) is 5.93. The summed E-state index contributed by atoms with van der Waals surface area (Å²) in [5.74, 6) is -2.69. The monoisotopic (exact) mass is 266 g/mol. The van der Waals surface area contributed by atoms with Gasteiger partial charge in [0.25, 0.3) is 0 Å². The SMILES string of the molecule is Cc1cc(C(CCCC(=O)O)C(=O)O)cc(N)c1N. The molecule has 0 spiro atoms. The maximum absolute atomic E-state index is 11.3. The molecule has 1 aromatic rings.